The molecule has 0 radical (unpaired) electrons. The second-order valence-electron chi connectivity index (χ2n) is 7.76. The van der Waals surface area contributed by atoms with Crippen LogP contribution in [0.3, 0.4) is 0 Å². The molecule has 0 aliphatic carbocycles. The summed E-state index contributed by atoms with van der Waals surface area (Å²) in [4.78, 5) is 21.4. The molecule has 4 nitrogen and oxygen atoms in total. The maximum atomic E-state index is 12.5. The van der Waals surface area contributed by atoms with Crippen LogP contribution in [0, 0.1) is 12.8 Å². The van der Waals surface area contributed by atoms with E-state index in [0.717, 1.165) is 38.0 Å². The van der Waals surface area contributed by atoms with Crippen LogP contribution in [0.5, 0.6) is 0 Å². The number of likely N-dealkylation sites (tertiary alicyclic amines) is 2. The van der Waals surface area contributed by atoms with Gasteiger partial charge >= 0.3 is 0 Å². The van der Waals surface area contributed by atoms with Crippen LogP contribution in [-0.2, 0) is 17.9 Å². The van der Waals surface area contributed by atoms with Gasteiger partial charge in [-0.3, -0.25) is 14.7 Å². The van der Waals surface area contributed by atoms with Gasteiger partial charge in [-0.05, 0) is 42.9 Å². The minimum Gasteiger partial charge on any atom is -0.335 e. The number of piperidine rings is 2. The number of amides is 1. The Kier molecular flexibility index (Phi) is 5.02. The Hall–Kier alpha value is -2.20. The highest BCUT2D eigenvalue weighted by Gasteiger charge is 2.39. The number of pyridine rings is 1. The van der Waals surface area contributed by atoms with Gasteiger partial charge in [-0.25, -0.2) is 0 Å². The molecule has 1 aromatic heterocycles. The number of carbonyl (C=O) groups excluding carboxylic acids is 1. The van der Waals surface area contributed by atoms with Gasteiger partial charge in [0.05, 0.1) is 0 Å². The lowest BCUT2D eigenvalue weighted by Crippen LogP contribution is -2.55. The Morgan fingerprint density at radius 1 is 1.08 bits per heavy atom. The van der Waals surface area contributed by atoms with E-state index < -0.39 is 0 Å². The molecule has 136 valence electrons. The number of aromatic nitrogens is 1. The van der Waals surface area contributed by atoms with Crippen LogP contribution in [0.25, 0.3) is 0 Å². The van der Waals surface area contributed by atoms with E-state index in [0.29, 0.717) is 30.8 Å². The van der Waals surface area contributed by atoms with Crippen molar-refractivity contribution in [3.63, 3.8) is 0 Å². The summed E-state index contributed by atoms with van der Waals surface area (Å²) in [6.07, 6.45) is 6.44. The highest BCUT2D eigenvalue weighted by atomic mass is 16.2. The lowest BCUT2D eigenvalue weighted by molar-refractivity contribution is -0.142. The first kappa shape index (κ1) is 17.2. The SMILES string of the molecule is Cc1ccc(CN2CC[C@H]3[C@H](CCC(=O)N3Cc3cccnc3)C2)cc1. The van der Waals surface area contributed by atoms with Gasteiger partial charge in [-0.1, -0.05) is 35.9 Å². The largest absolute Gasteiger partial charge is 0.335 e. The maximum absolute atomic E-state index is 12.5. The summed E-state index contributed by atoms with van der Waals surface area (Å²) in [5.74, 6) is 0.894. The fraction of sp³-hybridized carbons (Fsp3) is 0.455. The topological polar surface area (TPSA) is 36.4 Å². The molecule has 1 amide bonds. The van der Waals surface area contributed by atoms with Crippen molar-refractivity contribution in [2.75, 3.05) is 13.1 Å². The molecule has 4 rings (SSSR count). The van der Waals surface area contributed by atoms with Crippen molar-refractivity contribution in [1.82, 2.24) is 14.8 Å². The molecule has 0 spiro atoms. The molecule has 2 atom stereocenters. The van der Waals surface area contributed by atoms with Gasteiger partial charge in [0.15, 0.2) is 0 Å². The monoisotopic (exact) mass is 349 g/mol. The first-order chi connectivity index (χ1) is 12.7. The van der Waals surface area contributed by atoms with Crippen LogP contribution in [0.15, 0.2) is 48.8 Å². The fourth-order valence-corrected chi connectivity index (χ4v) is 4.42. The smallest absolute Gasteiger partial charge is 0.223 e. The second-order valence-corrected chi connectivity index (χ2v) is 7.76. The first-order valence-electron chi connectivity index (χ1n) is 9.65. The van der Waals surface area contributed by atoms with Crippen LogP contribution in [0.2, 0.25) is 0 Å². The molecule has 2 aromatic rings. The van der Waals surface area contributed by atoms with Gasteiger partial charge in [0.2, 0.25) is 5.91 Å². The minimum absolute atomic E-state index is 0.307. The van der Waals surface area contributed by atoms with Gasteiger partial charge in [0.1, 0.15) is 0 Å². The molecule has 0 unspecified atom stereocenters. The summed E-state index contributed by atoms with van der Waals surface area (Å²) in [5, 5.41) is 0. The summed E-state index contributed by atoms with van der Waals surface area (Å²) in [6, 6.07) is 13.3. The predicted molar refractivity (Wildman–Crippen MR) is 102 cm³/mol. The zero-order valence-electron chi connectivity index (χ0n) is 15.5. The number of hydrogen-bond donors (Lipinski definition) is 0. The summed E-state index contributed by atoms with van der Waals surface area (Å²) in [5.41, 5.74) is 3.82. The lowest BCUT2D eigenvalue weighted by atomic mass is 9.83. The Balaban J connectivity index is 1.41. The van der Waals surface area contributed by atoms with E-state index in [-0.39, 0.29) is 0 Å². The summed E-state index contributed by atoms with van der Waals surface area (Å²) < 4.78 is 0. The zero-order chi connectivity index (χ0) is 17.9. The molecule has 2 fully saturated rings. The van der Waals surface area contributed by atoms with E-state index in [1.165, 1.54) is 11.1 Å². The van der Waals surface area contributed by atoms with Crippen molar-refractivity contribution in [2.24, 2.45) is 5.92 Å². The molecule has 0 bridgehead atoms. The highest BCUT2D eigenvalue weighted by Crippen LogP contribution is 2.32. The standard InChI is InChI=1S/C22H27N3O/c1-17-4-6-18(7-5-17)14-24-12-10-21-20(16-24)8-9-22(26)25(21)15-19-3-2-11-23-13-19/h2-7,11,13,20-21H,8-10,12,14-16H2,1H3/t20-,21+/m1/s1. The van der Waals surface area contributed by atoms with Crippen LogP contribution >= 0.6 is 0 Å². The van der Waals surface area contributed by atoms with E-state index in [9.17, 15) is 4.79 Å². The third kappa shape index (κ3) is 3.80. The average molecular weight is 349 g/mol. The second kappa shape index (κ2) is 7.58. The molecule has 2 aliphatic rings. The van der Waals surface area contributed by atoms with Crippen molar-refractivity contribution >= 4 is 5.91 Å². The van der Waals surface area contributed by atoms with Gasteiger partial charge in [0.25, 0.3) is 0 Å². The molecular formula is C22H27N3O. The number of benzene rings is 1. The summed E-state index contributed by atoms with van der Waals surface area (Å²) in [7, 11) is 0. The Bertz CT molecular complexity index is 744. The maximum Gasteiger partial charge on any atom is 0.223 e. The number of hydrogen-bond acceptors (Lipinski definition) is 3. The van der Waals surface area contributed by atoms with E-state index >= 15 is 0 Å². The van der Waals surface area contributed by atoms with E-state index in [1.54, 1.807) is 6.20 Å². The van der Waals surface area contributed by atoms with Crippen LogP contribution in [0.4, 0.5) is 0 Å². The van der Waals surface area contributed by atoms with Crippen molar-refractivity contribution in [1.29, 1.82) is 0 Å². The van der Waals surface area contributed by atoms with Gasteiger partial charge < -0.3 is 4.90 Å². The Morgan fingerprint density at radius 3 is 2.69 bits per heavy atom. The summed E-state index contributed by atoms with van der Waals surface area (Å²) in [6.45, 7) is 6.00. The van der Waals surface area contributed by atoms with Crippen LogP contribution in [-0.4, -0.2) is 39.8 Å². The number of nitrogens with zero attached hydrogens (tertiary/aromatic N) is 3. The van der Waals surface area contributed by atoms with Crippen molar-refractivity contribution < 1.29 is 4.79 Å². The van der Waals surface area contributed by atoms with E-state index in [1.807, 2.05) is 12.3 Å². The van der Waals surface area contributed by atoms with Gasteiger partial charge in [0, 0.05) is 51.0 Å². The van der Waals surface area contributed by atoms with Crippen molar-refractivity contribution in [3.05, 3.63) is 65.5 Å². The molecule has 0 N–H and O–H groups in total. The van der Waals surface area contributed by atoms with Crippen LogP contribution in [0.1, 0.15) is 36.0 Å². The Labute approximate surface area is 155 Å². The fourth-order valence-electron chi connectivity index (χ4n) is 4.42. The van der Waals surface area contributed by atoms with Crippen molar-refractivity contribution in [3.8, 4) is 0 Å². The highest BCUT2D eigenvalue weighted by molar-refractivity contribution is 5.77. The first-order valence-corrected chi connectivity index (χ1v) is 9.65. The number of aryl methyl sites for hydroxylation is 1. The quantitative estimate of drug-likeness (QED) is 0.849. The molecule has 0 saturated carbocycles. The number of fused-ring (bicyclic) bond motifs is 1. The van der Waals surface area contributed by atoms with Gasteiger partial charge in [-0.15, -0.1) is 0 Å². The van der Waals surface area contributed by atoms with Crippen molar-refractivity contribution in [2.45, 2.75) is 45.3 Å². The molecule has 2 saturated heterocycles. The molecule has 1 aromatic carbocycles. The predicted octanol–water partition coefficient (Wildman–Crippen LogP) is 3.40. The zero-order valence-corrected chi connectivity index (χ0v) is 15.5. The van der Waals surface area contributed by atoms with E-state index in [4.69, 9.17) is 0 Å². The molecule has 4 heteroatoms. The van der Waals surface area contributed by atoms with Crippen LogP contribution < -0.4 is 0 Å². The van der Waals surface area contributed by atoms with E-state index in [2.05, 4.69) is 52.0 Å². The molecule has 26 heavy (non-hydrogen) atoms. The molecule has 3 heterocycles. The molecule has 2 aliphatic heterocycles. The number of carbonyl (C=O) groups is 1. The Morgan fingerprint density at radius 2 is 1.92 bits per heavy atom. The lowest BCUT2D eigenvalue weighted by Gasteiger charge is -2.47. The number of rotatable bonds is 4. The third-order valence-electron chi connectivity index (χ3n) is 5.83. The molecular weight excluding hydrogens is 322 g/mol. The summed E-state index contributed by atoms with van der Waals surface area (Å²) >= 11 is 0. The minimum atomic E-state index is 0.307. The van der Waals surface area contributed by atoms with Gasteiger partial charge in [-0.2, -0.15) is 0 Å². The normalized spacial score (nSPS) is 23.7. The third-order valence-corrected chi connectivity index (χ3v) is 5.83. The average Bonchev–Trinajstić information content (AvgIpc) is 2.67.